The van der Waals surface area contributed by atoms with E-state index in [2.05, 4.69) is 35.4 Å². The average Bonchev–Trinajstić information content (AvgIpc) is 3.43. The number of anilines is 1. The molecule has 0 fully saturated rings. The fraction of sp³-hybridized carbons (Fsp3) is 0.208. The zero-order chi connectivity index (χ0) is 22.5. The van der Waals surface area contributed by atoms with Gasteiger partial charge >= 0.3 is 0 Å². The summed E-state index contributed by atoms with van der Waals surface area (Å²) < 4.78 is 2.00. The molecule has 0 bridgehead atoms. The zero-order valence-corrected chi connectivity index (χ0v) is 20.2. The lowest BCUT2D eigenvalue weighted by molar-refractivity contribution is -0.113. The van der Waals surface area contributed by atoms with E-state index in [0.717, 1.165) is 22.8 Å². The van der Waals surface area contributed by atoms with Crippen molar-refractivity contribution in [1.29, 1.82) is 0 Å². The third kappa shape index (κ3) is 5.41. The number of carbonyl (C=O) groups is 1. The van der Waals surface area contributed by atoms with Gasteiger partial charge in [-0.05, 0) is 53.3 Å². The third-order valence-electron chi connectivity index (χ3n) is 4.89. The second kappa shape index (κ2) is 10.3. The van der Waals surface area contributed by atoms with Crippen molar-refractivity contribution in [2.24, 2.45) is 0 Å². The first-order valence-electron chi connectivity index (χ1n) is 10.3. The Balaban J connectivity index is 1.54. The zero-order valence-electron chi connectivity index (χ0n) is 17.8. The van der Waals surface area contributed by atoms with Crippen LogP contribution in [0.2, 0.25) is 5.02 Å². The molecule has 0 spiro atoms. The summed E-state index contributed by atoms with van der Waals surface area (Å²) in [6.45, 7) is 4.23. The van der Waals surface area contributed by atoms with Crippen LogP contribution < -0.4 is 5.32 Å². The van der Waals surface area contributed by atoms with Gasteiger partial charge in [-0.3, -0.25) is 9.36 Å². The molecular weight excluding hydrogens is 460 g/mol. The topological polar surface area (TPSA) is 59.8 Å². The Bertz CT molecular complexity index is 1190. The van der Waals surface area contributed by atoms with E-state index in [1.165, 1.54) is 16.6 Å². The van der Waals surface area contributed by atoms with Gasteiger partial charge in [0.15, 0.2) is 5.16 Å². The lowest BCUT2D eigenvalue weighted by atomic mass is 10.0. The number of benzene rings is 2. The summed E-state index contributed by atoms with van der Waals surface area (Å²) in [5, 5.41) is 15.2. The van der Waals surface area contributed by atoms with E-state index in [9.17, 15) is 4.79 Å². The fourth-order valence-corrected chi connectivity index (χ4v) is 4.96. The van der Waals surface area contributed by atoms with Gasteiger partial charge in [0.05, 0.1) is 5.75 Å². The smallest absolute Gasteiger partial charge is 0.234 e. The first-order valence-corrected chi connectivity index (χ1v) is 12.5. The molecule has 1 amide bonds. The van der Waals surface area contributed by atoms with E-state index < -0.39 is 0 Å². The summed E-state index contributed by atoms with van der Waals surface area (Å²) in [5.74, 6) is 1.31. The van der Waals surface area contributed by atoms with Crippen molar-refractivity contribution in [3.8, 4) is 5.69 Å². The van der Waals surface area contributed by atoms with E-state index in [1.54, 1.807) is 11.3 Å². The van der Waals surface area contributed by atoms with Crippen LogP contribution in [0.25, 0.3) is 5.69 Å². The van der Waals surface area contributed by atoms with E-state index in [0.29, 0.717) is 22.5 Å². The highest BCUT2D eigenvalue weighted by atomic mass is 35.5. The maximum absolute atomic E-state index is 12.7. The van der Waals surface area contributed by atoms with Gasteiger partial charge in [-0.15, -0.1) is 21.5 Å². The van der Waals surface area contributed by atoms with E-state index >= 15 is 0 Å². The largest absolute Gasteiger partial charge is 0.325 e. The van der Waals surface area contributed by atoms with Crippen molar-refractivity contribution in [1.82, 2.24) is 14.8 Å². The number of carbonyl (C=O) groups excluding carboxylic acids is 1. The van der Waals surface area contributed by atoms with Crippen molar-refractivity contribution in [3.05, 3.63) is 87.3 Å². The molecule has 0 atom stereocenters. The highest BCUT2D eigenvalue weighted by Gasteiger charge is 2.17. The van der Waals surface area contributed by atoms with Crippen LogP contribution in [0.1, 0.15) is 36.0 Å². The predicted octanol–water partition coefficient (Wildman–Crippen LogP) is 6.43. The molecule has 2 heterocycles. The standard InChI is InChI=1S/C24H23ClN4OS2/c1-16(2)20-7-3-4-8-21(20)26-23(30)15-32-24-28-27-22(14-19-6-5-13-31-19)29(24)18-11-9-17(25)10-12-18/h3-13,16H,14-15H2,1-2H3,(H,26,30). The maximum Gasteiger partial charge on any atom is 0.234 e. The molecule has 0 radical (unpaired) electrons. The van der Waals surface area contributed by atoms with E-state index in [1.807, 2.05) is 64.5 Å². The monoisotopic (exact) mass is 482 g/mol. The van der Waals surface area contributed by atoms with Crippen molar-refractivity contribution in [2.75, 3.05) is 11.1 Å². The number of nitrogens with one attached hydrogen (secondary N) is 1. The maximum atomic E-state index is 12.7. The lowest BCUT2D eigenvalue weighted by Crippen LogP contribution is -2.16. The number of rotatable bonds is 8. The minimum absolute atomic E-state index is 0.0754. The van der Waals surface area contributed by atoms with Crippen LogP contribution in [0, 0.1) is 0 Å². The minimum Gasteiger partial charge on any atom is -0.325 e. The number of aromatic nitrogens is 3. The van der Waals surface area contributed by atoms with Crippen LogP contribution in [-0.4, -0.2) is 26.4 Å². The number of hydrogen-bond acceptors (Lipinski definition) is 5. The van der Waals surface area contributed by atoms with Gasteiger partial charge in [0.2, 0.25) is 5.91 Å². The second-order valence-corrected chi connectivity index (χ2v) is 9.96. The van der Waals surface area contributed by atoms with E-state index in [-0.39, 0.29) is 11.7 Å². The number of nitrogens with zero attached hydrogens (tertiary/aromatic N) is 3. The Morgan fingerprint density at radius 3 is 2.59 bits per heavy atom. The van der Waals surface area contributed by atoms with Gasteiger partial charge in [-0.2, -0.15) is 0 Å². The Labute approximate surface area is 200 Å². The normalized spacial score (nSPS) is 11.1. The summed E-state index contributed by atoms with van der Waals surface area (Å²) in [6, 6.07) is 19.6. The summed E-state index contributed by atoms with van der Waals surface area (Å²) in [4.78, 5) is 13.9. The molecule has 0 unspecified atom stereocenters. The van der Waals surface area contributed by atoms with Crippen molar-refractivity contribution in [3.63, 3.8) is 0 Å². The number of para-hydroxylation sites is 1. The molecule has 0 aliphatic heterocycles. The fourth-order valence-electron chi connectivity index (χ4n) is 3.36. The molecule has 1 N–H and O–H groups in total. The first kappa shape index (κ1) is 22.6. The van der Waals surface area contributed by atoms with Crippen LogP contribution in [0.15, 0.2) is 71.2 Å². The predicted molar refractivity (Wildman–Crippen MR) is 133 cm³/mol. The number of thiophene rings is 1. The summed E-state index contributed by atoms with van der Waals surface area (Å²) in [7, 11) is 0. The molecule has 2 aromatic carbocycles. The highest BCUT2D eigenvalue weighted by molar-refractivity contribution is 7.99. The van der Waals surface area contributed by atoms with Crippen molar-refractivity contribution >= 4 is 46.3 Å². The molecule has 2 aromatic heterocycles. The van der Waals surface area contributed by atoms with Gasteiger partial charge in [0.1, 0.15) is 5.82 Å². The molecule has 0 aliphatic carbocycles. The molecule has 0 saturated heterocycles. The first-order chi connectivity index (χ1) is 15.5. The van der Waals surface area contributed by atoms with Gasteiger partial charge in [0.25, 0.3) is 0 Å². The Morgan fingerprint density at radius 1 is 1.09 bits per heavy atom. The average molecular weight is 483 g/mol. The Hall–Kier alpha value is -2.61. The number of halogens is 1. The van der Waals surface area contributed by atoms with Gasteiger partial charge in [-0.1, -0.05) is 61.5 Å². The van der Waals surface area contributed by atoms with Gasteiger partial charge < -0.3 is 5.32 Å². The van der Waals surface area contributed by atoms with Crippen molar-refractivity contribution in [2.45, 2.75) is 31.3 Å². The molecular formula is C24H23ClN4OS2. The van der Waals surface area contributed by atoms with Crippen LogP contribution in [0.3, 0.4) is 0 Å². The van der Waals surface area contributed by atoms with Crippen molar-refractivity contribution < 1.29 is 4.79 Å². The number of hydrogen-bond donors (Lipinski definition) is 1. The quantitative estimate of drug-likeness (QED) is 0.294. The van der Waals surface area contributed by atoms with Gasteiger partial charge in [0, 0.05) is 27.7 Å². The van der Waals surface area contributed by atoms with Crippen LogP contribution in [0.4, 0.5) is 5.69 Å². The summed E-state index contributed by atoms with van der Waals surface area (Å²) in [5.41, 5.74) is 2.89. The SMILES string of the molecule is CC(C)c1ccccc1NC(=O)CSc1nnc(Cc2cccs2)n1-c1ccc(Cl)cc1. The van der Waals surface area contributed by atoms with E-state index in [4.69, 9.17) is 11.6 Å². The summed E-state index contributed by atoms with van der Waals surface area (Å²) in [6.07, 6.45) is 0.668. The van der Waals surface area contributed by atoms with Crippen LogP contribution >= 0.6 is 34.7 Å². The molecule has 5 nitrogen and oxygen atoms in total. The molecule has 164 valence electrons. The Morgan fingerprint density at radius 2 is 1.88 bits per heavy atom. The number of amides is 1. The molecule has 0 aliphatic rings. The summed E-state index contributed by atoms with van der Waals surface area (Å²) >= 11 is 9.14. The molecule has 4 aromatic rings. The lowest BCUT2D eigenvalue weighted by Gasteiger charge is -2.14. The molecule has 0 saturated carbocycles. The third-order valence-corrected chi connectivity index (χ3v) is 6.94. The second-order valence-electron chi connectivity index (χ2n) is 7.55. The number of thioether (sulfide) groups is 1. The van der Waals surface area contributed by atoms with Crippen LogP contribution in [0.5, 0.6) is 0 Å². The van der Waals surface area contributed by atoms with Gasteiger partial charge in [-0.25, -0.2) is 0 Å². The Kier molecular flexibility index (Phi) is 7.29. The molecule has 8 heteroatoms. The van der Waals surface area contributed by atoms with Crippen LogP contribution in [-0.2, 0) is 11.2 Å². The minimum atomic E-state index is -0.0754. The molecule has 32 heavy (non-hydrogen) atoms. The highest BCUT2D eigenvalue weighted by Crippen LogP contribution is 2.27. The molecule has 4 rings (SSSR count).